The molecule has 0 saturated carbocycles. The minimum absolute atomic E-state index is 1.20. The van der Waals surface area contributed by atoms with Crippen LogP contribution in [0.15, 0.2) is 66.7 Å². The number of hydrogen-bond acceptors (Lipinski definition) is 0. The molecule has 3 aromatic carbocycles. The lowest BCUT2D eigenvalue weighted by Crippen LogP contribution is -2.06. The molecule has 124 valence electrons. The highest BCUT2D eigenvalue weighted by molar-refractivity contribution is 6.09. The van der Waals surface area contributed by atoms with Gasteiger partial charge in [-0.05, 0) is 55.0 Å². The molecule has 0 radical (unpaired) electrons. The van der Waals surface area contributed by atoms with E-state index >= 15 is 0 Å². The Bertz CT molecular complexity index is 1000. The van der Waals surface area contributed by atoms with Crippen LogP contribution < -0.4 is 0 Å². The number of para-hydroxylation sites is 2. The van der Waals surface area contributed by atoms with Gasteiger partial charge in [0.15, 0.2) is 0 Å². The molecule has 1 aromatic heterocycles. The molecular formula is C24H23N. The fourth-order valence-electron chi connectivity index (χ4n) is 4.51. The van der Waals surface area contributed by atoms with Gasteiger partial charge >= 0.3 is 0 Å². The fraction of sp³-hybridized carbons (Fsp3) is 0.250. The molecule has 1 aliphatic carbocycles. The summed E-state index contributed by atoms with van der Waals surface area (Å²) in [5, 5.41) is 2.70. The first-order chi connectivity index (χ1) is 12.4. The van der Waals surface area contributed by atoms with Crippen molar-refractivity contribution in [2.75, 3.05) is 0 Å². The van der Waals surface area contributed by atoms with Crippen molar-refractivity contribution in [1.82, 2.24) is 4.57 Å². The number of aromatic nitrogens is 1. The van der Waals surface area contributed by atoms with E-state index in [0.717, 1.165) is 0 Å². The lowest BCUT2D eigenvalue weighted by atomic mass is 9.92. The van der Waals surface area contributed by atoms with E-state index in [2.05, 4.69) is 71.3 Å². The van der Waals surface area contributed by atoms with Crippen LogP contribution in [0.25, 0.3) is 27.5 Å². The molecule has 25 heavy (non-hydrogen) atoms. The molecule has 1 heterocycles. The molecule has 5 rings (SSSR count). The summed E-state index contributed by atoms with van der Waals surface area (Å²) in [6.45, 7) is 0. The Labute approximate surface area is 148 Å². The predicted molar refractivity (Wildman–Crippen MR) is 107 cm³/mol. The van der Waals surface area contributed by atoms with Crippen molar-refractivity contribution < 1.29 is 0 Å². The first-order valence-corrected chi connectivity index (χ1v) is 9.53. The van der Waals surface area contributed by atoms with Crippen molar-refractivity contribution in [3.63, 3.8) is 0 Å². The zero-order valence-corrected chi connectivity index (χ0v) is 14.5. The summed E-state index contributed by atoms with van der Waals surface area (Å²) in [6, 6.07) is 24.5. The molecule has 0 bridgehead atoms. The van der Waals surface area contributed by atoms with Crippen LogP contribution in [0.5, 0.6) is 0 Å². The van der Waals surface area contributed by atoms with Gasteiger partial charge < -0.3 is 4.57 Å². The summed E-state index contributed by atoms with van der Waals surface area (Å²) >= 11 is 0. The van der Waals surface area contributed by atoms with Crippen LogP contribution in [-0.4, -0.2) is 4.57 Å². The smallest absolute Gasteiger partial charge is 0.0541 e. The van der Waals surface area contributed by atoms with Crippen molar-refractivity contribution in [3.8, 4) is 5.69 Å². The third-order valence-electron chi connectivity index (χ3n) is 5.69. The minimum atomic E-state index is 1.20. The van der Waals surface area contributed by atoms with Crippen molar-refractivity contribution in [2.24, 2.45) is 0 Å². The minimum Gasteiger partial charge on any atom is -0.309 e. The van der Waals surface area contributed by atoms with Crippen molar-refractivity contribution in [3.05, 3.63) is 77.9 Å². The summed E-state index contributed by atoms with van der Waals surface area (Å²) in [5.74, 6) is 0. The predicted octanol–water partition coefficient (Wildman–Crippen LogP) is 6.44. The van der Waals surface area contributed by atoms with E-state index in [1.54, 1.807) is 11.1 Å². The van der Waals surface area contributed by atoms with Crippen LogP contribution in [0.3, 0.4) is 0 Å². The summed E-state index contributed by atoms with van der Waals surface area (Å²) in [4.78, 5) is 0. The molecule has 1 nitrogen and oxygen atoms in total. The van der Waals surface area contributed by atoms with Crippen molar-refractivity contribution >= 4 is 21.8 Å². The topological polar surface area (TPSA) is 4.93 Å². The highest BCUT2D eigenvalue weighted by atomic mass is 15.0. The maximum Gasteiger partial charge on any atom is 0.0541 e. The van der Waals surface area contributed by atoms with Crippen LogP contribution in [0, 0.1) is 0 Å². The van der Waals surface area contributed by atoms with E-state index in [1.807, 2.05) is 0 Å². The van der Waals surface area contributed by atoms with Crippen LogP contribution in [0.4, 0.5) is 0 Å². The van der Waals surface area contributed by atoms with Gasteiger partial charge in [0, 0.05) is 16.5 Å². The first kappa shape index (κ1) is 14.8. The molecule has 0 amide bonds. The average Bonchev–Trinajstić information content (AvgIpc) is 2.96. The van der Waals surface area contributed by atoms with Crippen molar-refractivity contribution in [2.45, 2.75) is 38.5 Å². The van der Waals surface area contributed by atoms with Gasteiger partial charge in [0.05, 0.1) is 11.0 Å². The zero-order valence-electron chi connectivity index (χ0n) is 14.5. The van der Waals surface area contributed by atoms with E-state index in [1.165, 1.54) is 66.0 Å². The van der Waals surface area contributed by atoms with Crippen LogP contribution in [0.2, 0.25) is 0 Å². The van der Waals surface area contributed by atoms with Gasteiger partial charge in [-0.15, -0.1) is 0 Å². The van der Waals surface area contributed by atoms with Gasteiger partial charge in [0.1, 0.15) is 0 Å². The van der Waals surface area contributed by atoms with Gasteiger partial charge in [-0.2, -0.15) is 0 Å². The Morgan fingerprint density at radius 3 is 1.92 bits per heavy atom. The quantitative estimate of drug-likeness (QED) is 0.379. The number of nitrogens with zero attached hydrogens (tertiary/aromatic N) is 1. The van der Waals surface area contributed by atoms with E-state index in [0.29, 0.717) is 0 Å². The summed E-state index contributed by atoms with van der Waals surface area (Å²) in [6.07, 6.45) is 7.79. The van der Waals surface area contributed by atoms with Crippen LogP contribution in [-0.2, 0) is 12.8 Å². The molecule has 0 atom stereocenters. The third kappa shape index (κ3) is 2.38. The Balaban J connectivity index is 1.85. The van der Waals surface area contributed by atoms with E-state index in [4.69, 9.17) is 0 Å². The summed E-state index contributed by atoms with van der Waals surface area (Å²) < 4.78 is 2.49. The highest BCUT2D eigenvalue weighted by Gasteiger charge is 2.16. The number of aryl methyl sites for hydroxylation is 1. The zero-order chi connectivity index (χ0) is 16.6. The third-order valence-corrected chi connectivity index (χ3v) is 5.69. The normalized spacial score (nSPS) is 15.0. The Hall–Kier alpha value is -2.54. The number of fused-ring (bicyclic) bond motifs is 4. The maximum absolute atomic E-state index is 2.49. The van der Waals surface area contributed by atoms with Crippen molar-refractivity contribution in [1.29, 1.82) is 0 Å². The molecule has 1 heteroatoms. The summed E-state index contributed by atoms with van der Waals surface area (Å²) in [7, 11) is 0. The van der Waals surface area contributed by atoms with Gasteiger partial charge in [0.2, 0.25) is 0 Å². The van der Waals surface area contributed by atoms with E-state index in [-0.39, 0.29) is 0 Å². The second-order valence-corrected chi connectivity index (χ2v) is 7.20. The van der Waals surface area contributed by atoms with Gasteiger partial charge in [-0.1, -0.05) is 61.4 Å². The molecule has 0 aliphatic heterocycles. The lowest BCUT2D eigenvalue weighted by molar-refractivity contribution is 0.616. The highest BCUT2D eigenvalue weighted by Crippen LogP contribution is 2.34. The molecule has 0 N–H and O–H groups in total. The van der Waals surface area contributed by atoms with Gasteiger partial charge in [-0.3, -0.25) is 0 Å². The SMILES string of the molecule is c1cc2c(c(-n3c4ccccc4c4ccccc43)c1)CCCCCC2. The Morgan fingerprint density at radius 1 is 0.560 bits per heavy atom. The fourth-order valence-corrected chi connectivity index (χ4v) is 4.51. The standard InChI is InChI=1S/C24H23N/c1-2-4-12-19-18(10-3-1)11-9-17-22(19)25-23-15-7-5-13-20(23)21-14-6-8-16-24(21)25/h5-9,11,13-17H,1-4,10,12H2. The average molecular weight is 325 g/mol. The van der Waals surface area contributed by atoms with Gasteiger partial charge in [0.25, 0.3) is 0 Å². The monoisotopic (exact) mass is 325 g/mol. The Kier molecular flexibility index (Phi) is 3.59. The molecule has 0 spiro atoms. The molecule has 0 saturated heterocycles. The molecule has 0 fully saturated rings. The largest absolute Gasteiger partial charge is 0.309 e. The second kappa shape index (κ2) is 6.07. The molecular weight excluding hydrogens is 302 g/mol. The molecule has 4 aromatic rings. The number of rotatable bonds is 1. The van der Waals surface area contributed by atoms with E-state index in [9.17, 15) is 0 Å². The van der Waals surface area contributed by atoms with E-state index < -0.39 is 0 Å². The number of hydrogen-bond donors (Lipinski definition) is 0. The van der Waals surface area contributed by atoms with Crippen LogP contribution in [0.1, 0.15) is 36.8 Å². The number of benzene rings is 3. The maximum atomic E-state index is 2.49. The van der Waals surface area contributed by atoms with Gasteiger partial charge in [-0.25, -0.2) is 0 Å². The molecule has 0 unspecified atom stereocenters. The molecule has 1 aliphatic rings. The first-order valence-electron chi connectivity index (χ1n) is 9.53. The van der Waals surface area contributed by atoms with Crippen LogP contribution >= 0.6 is 0 Å². The Morgan fingerprint density at radius 2 is 1.20 bits per heavy atom. The lowest BCUT2D eigenvalue weighted by Gasteiger charge is -2.19. The second-order valence-electron chi connectivity index (χ2n) is 7.20. The summed E-state index contributed by atoms with van der Waals surface area (Å²) in [5.41, 5.74) is 7.14.